The fraction of sp³-hybridized carbons (Fsp3) is 0.421. The molecule has 1 aromatic heterocycles. The van der Waals surface area contributed by atoms with Crippen molar-refractivity contribution in [3.63, 3.8) is 0 Å². The summed E-state index contributed by atoms with van der Waals surface area (Å²) in [7, 11) is 1.58. The number of aromatic amines is 1. The number of halogens is 1. The van der Waals surface area contributed by atoms with E-state index in [9.17, 15) is 9.18 Å². The Morgan fingerprint density at radius 3 is 2.70 bits per heavy atom. The predicted molar refractivity (Wildman–Crippen MR) is 103 cm³/mol. The molecule has 0 saturated heterocycles. The Bertz CT molecular complexity index is 876. The molecular formula is C19H25FN6O. The molecule has 3 rings (SSSR count). The van der Waals surface area contributed by atoms with Crippen molar-refractivity contribution in [3.8, 4) is 0 Å². The number of carbonyl (C=O) groups excluding carboxylic acids is 1. The maximum absolute atomic E-state index is 14.8. The molecule has 1 amide bonds. The molecule has 0 fully saturated rings. The van der Waals surface area contributed by atoms with Crippen LogP contribution in [0.5, 0.6) is 0 Å². The van der Waals surface area contributed by atoms with Crippen LogP contribution < -0.4 is 11.1 Å². The van der Waals surface area contributed by atoms with Crippen molar-refractivity contribution in [1.29, 1.82) is 0 Å². The number of aromatic nitrogens is 2. The highest BCUT2D eigenvalue weighted by Crippen LogP contribution is 2.47. The number of nitrogens with one attached hydrogen (secondary N) is 2. The number of H-pyrrole nitrogens is 1. The third-order valence-electron chi connectivity index (χ3n) is 5.51. The first-order valence-corrected chi connectivity index (χ1v) is 8.82. The summed E-state index contributed by atoms with van der Waals surface area (Å²) >= 11 is 0. The maximum Gasteiger partial charge on any atom is 0.237 e. The Kier molecular flexibility index (Phi) is 4.67. The van der Waals surface area contributed by atoms with E-state index < -0.39 is 16.8 Å². The number of benzene rings is 1. The van der Waals surface area contributed by atoms with Gasteiger partial charge >= 0.3 is 0 Å². The number of hydrogen-bond donors (Lipinski definition) is 3. The smallest absolute Gasteiger partial charge is 0.237 e. The molecular weight excluding hydrogens is 347 g/mol. The minimum absolute atomic E-state index is 0.0823. The molecule has 7 nitrogen and oxygen atoms in total. The van der Waals surface area contributed by atoms with Gasteiger partial charge in [0.05, 0.1) is 5.41 Å². The second-order valence-electron chi connectivity index (χ2n) is 7.48. The van der Waals surface area contributed by atoms with E-state index in [-0.39, 0.29) is 11.9 Å². The largest absolute Gasteiger partial charge is 0.385 e. The van der Waals surface area contributed by atoms with Gasteiger partial charge in [0, 0.05) is 43.2 Å². The number of nitrogens with two attached hydrogens (primary N) is 1. The quantitative estimate of drug-likeness (QED) is 0.749. The van der Waals surface area contributed by atoms with Crippen molar-refractivity contribution >= 4 is 17.6 Å². The summed E-state index contributed by atoms with van der Waals surface area (Å²) < 4.78 is 14.8. The van der Waals surface area contributed by atoms with E-state index in [0.717, 1.165) is 17.8 Å². The monoisotopic (exact) mass is 372 g/mol. The minimum Gasteiger partial charge on any atom is -0.385 e. The molecule has 2 aromatic rings. The molecule has 4 N–H and O–H groups in total. The predicted octanol–water partition coefficient (Wildman–Crippen LogP) is 2.23. The number of guanidine groups is 1. The van der Waals surface area contributed by atoms with Gasteiger partial charge in [-0.2, -0.15) is 5.10 Å². The van der Waals surface area contributed by atoms with Crippen molar-refractivity contribution in [2.45, 2.75) is 32.7 Å². The average molecular weight is 372 g/mol. The Balaban J connectivity index is 1.92. The van der Waals surface area contributed by atoms with Gasteiger partial charge < -0.3 is 11.1 Å². The summed E-state index contributed by atoms with van der Waals surface area (Å²) in [5.41, 5.74) is 5.96. The van der Waals surface area contributed by atoms with Crippen molar-refractivity contribution in [2.24, 2.45) is 16.1 Å². The first kappa shape index (κ1) is 18.9. The van der Waals surface area contributed by atoms with Crippen LogP contribution in [-0.2, 0) is 16.8 Å². The summed E-state index contributed by atoms with van der Waals surface area (Å²) in [6.45, 7) is 5.93. The molecule has 8 heteroatoms. The zero-order chi connectivity index (χ0) is 19.8. The lowest BCUT2D eigenvalue weighted by Gasteiger charge is -2.46. The molecule has 0 radical (unpaired) electrons. The zero-order valence-electron chi connectivity index (χ0n) is 16.0. The molecule has 1 aliphatic rings. The summed E-state index contributed by atoms with van der Waals surface area (Å²) in [4.78, 5) is 18.6. The number of amides is 1. The lowest BCUT2D eigenvalue weighted by Crippen LogP contribution is -2.58. The number of nitrogens with zero attached hydrogens (tertiary/aromatic N) is 3. The Morgan fingerprint density at radius 2 is 2.04 bits per heavy atom. The summed E-state index contributed by atoms with van der Waals surface area (Å²) in [6, 6.07) is 6.68. The highest BCUT2D eigenvalue weighted by atomic mass is 19.1. The highest BCUT2D eigenvalue weighted by molar-refractivity contribution is 6.01. The molecule has 1 aromatic carbocycles. The zero-order valence-corrected chi connectivity index (χ0v) is 16.0. The fourth-order valence-electron chi connectivity index (χ4n) is 3.35. The summed E-state index contributed by atoms with van der Waals surface area (Å²) in [5.74, 6) is -0.535. The summed E-state index contributed by atoms with van der Waals surface area (Å²) in [6.07, 6.45) is 2.46. The molecule has 1 aliphatic heterocycles. The van der Waals surface area contributed by atoms with Gasteiger partial charge in [-0.3, -0.25) is 14.8 Å². The van der Waals surface area contributed by atoms with Gasteiger partial charge in [-0.1, -0.05) is 0 Å². The molecule has 0 aliphatic carbocycles. The van der Waals surface area contributed by atoms with Crippen molar-refractivity contribution in [1.82, 2.24) is 15.1 Å². The Labute approximate surface area is 157 Å². The molecule has 0 bridgehead atoms. The third kappa shape index (κ3) is 3.15. The number of rotatable bonds is 5. The lowest BCUT2D eigenvalue weighted by molar-refractivity contribution is -0.140. The van der Waals surface area contributed by atoms with Gasteiger partial charge in [-0.05, 0) is 45.0 Å². The first-order chi connectivity index (χ1) is 12.7. The van der Waals surface area contributed by atoms with Gasteiger partial charge in [-0.25, -0.2) is 9.38 Å². The van der Waals surface area contributed by atoms with E-state index in [1.165, 1.54) is 11.0 Å². The second kappa shape index (κ2) is 6.68. The van der Waals surface area contributed by atoms with Crippen molar-refractivity contribution in [3.05, 3.63) is 47.5 Å². The molecule has 0 unspecified atom stereocenters. The lowest BCUT2D eigenvalue weighted by atomic mass is 9.67. The molecule has 144 valence electrons. The summed E-state index contributed by atoms with van der Waals surface area (Å²) in [5, 5.41) is 10.1. The number of carbonyl (C=O) groups is 1. The Morgan fingerprint density at radius 1 is 1.30 bits per heavy atom. The topological polar surface area (TPSA) is 99.4 Å². The first-order valence-electron chi connectivity index (χ1n) is 8.82. The van der Waals surface area contributed by atoms with Crippen LogP contribution in [0, 0.1) is 11.2 Å². The number of hydrogen-bond acceptors (Lipinski definition) is 5. The van der Waals surface area contributed by atoms with Gasteiger partial charge in [0.25, 0.3) is 0 Å². The van der Waals surface area contributed by atoms with E-state index in [0.29, 0.717) is 12.1 Å². The third-order valence-corrected chi connectivity index (χ3v) is 5.51. The van der Waals surface area contributed by atoms with Crippen LogP contribution in [0.15, 0.2) is 35.5 Å². The molecule has 27 heavy (non-hydrogen) atoms. The van der Waals surface area contributed by atoms with Gasteiger partial charge in [-0.15, -0.1) is 0 Å². The van der Waals surface area contributed by atoms with E-state index in [2.05, 4.69) is 20.5 Å². The van der Waals surface area contributed by atoms with Crippen LogP contribution in [0.4, 0.5) is 10.1 Å². The molecule has 0 spiro atoms. The SMILES string of the molecule is CN1C(=O)C(C)(C)[C@@](C)(c2cc(NCCc3ccn[nH]3)ccc2F)N=C1N. The van der Waals surface area contributed by atoms with Crippen LogP contribution in [0.25, 0.3) is 0 Å². The second-order valence-corrected chi connectivity index (χ2v) is 7.48. The van der Waals surface area contributed by atoms with E-state index in [1.807, 2.05) is 6.07 Å². The van der Waals surface area contributed by atoms with E-state index in [4.69, 9.17) is 5.73 Å². The van der Waals surface area contributed by atoms with Crippen LogP contribution >= 0.6 is 0 Å². The number of anilines is 1. The standard InChI is InChI=1S/C19H25FN6O/c1-18(2)16(27)26(4)17(21)24-19(18,3)14-11-13(5-6-15(14)20)22-9-7-12-8-10-23-25-12/h5-6,8,10-11,22H,7,9H2,1-4H3,(H2,21,24)(H,23,25)/t19-/m1/s1. The normalized spacial score (nSPS) is 21.9. The average Bonchev–Trinajstić information content (AvgIpc) is 3.13. The van der Waals surface area contributed by atoms with E-state index in [1.54, 1.807) is 46.1 Å². The highest BCUT2D eigenvalue weighted by Gasteiger charge is 2.53. The molecule has 2 heterocycles. The van der Waals surface area contributed by atoms with Gasteiger partial charge in [0.1, 0.15) is 11.4 Å². The van der Waals surface area contributed by atoms with Crippen LogP contribution in [0.2, 0.25) is 0 Å². The van der Waals surface area contributed by atoms with Crippen LogP contribution in [-0.4, -0.2) is 40.6 Å². The van der Waals surface area contributed by atoms with Crippen molar-refractivity contribution < 1.29 is 9.18 Å². The van der Waals surface area contributed by atoms with Crippen LogP contribution in [0.3, 0.4) is 0 Å². The Hall–Kier alpha value is -2.90. The molecule has 1 atom stereocenters. The number of aliphatic imine (C=N–C) groups is 1. The van der Waals surface area contributed by atoms with Gasteiger partial charge in [0.2, 0.25) is 5.91 Å². The fourth-order valence-corrected chi connectivity index (χ4v) is 3.35. The van der Waals surface area contributed by atoms with Crippen molar-refractivity contribution in [2.75, 3.05) is 18.9 Å². The van der Waals surface area contributed by atoms with E-state index >= 15 is 0 Å². The van der Waals surface area contributed by atoms with Crippen LogP contribution in [0.1, 0.15) is 32.0 Å². The maximum atomic E-state index is 14.8. The van der Waals surface area contributed by atoms with Gasteiger partial charge in [0.15, 0.2) is 5.96 Å². The minimum atomic E-state index is -1.12. The molecule has 0 saturated carbocycles.